The number of aromatic nitrogens is 1. The number of hydrogen-bond acceptors (Lipinski definition) is 4. The van der Waals surface area contributed by atoms with E-state index >= 15 is 0 Å². The van der Waals surface area contributed by atoms with E-state index in [1.165, 1.54) is 11.3 Å². The highest BCUT2D eigenvalue weighted by Crippen LogP contribution is 2.06. The number of nitrogens with one attached hydrogen (secondary N) is 2. The van der Waals surface area contributed by atoms with Gasteiger partial charge in [-0.1, -0.05) is 0 Å². The maximum Gasteiger partial charge on any atom is 0.252 e. The average molecular weight is 289 g/mol. The summed E-state index contributed by atoms with van der Waals surface area (Å²) in [4.78, 5) is 27.1. The van der Waals surface area contributed by atoms with Crippen molar-refractivity contribution in [2.75, 3.05) is 11.9 Å². The van der Waals surface area contributed by atoms with Crippen LogP contribution in [0.15, 0.2) is 41.4 Å². The molecule has 0 aliphatic rings. The molecule has 0 saturated heterocycles. The predicted molar refractivity (Wildman–Crippen MR) is 78.8 cm³/mol. The second kappa shape index (κ2) is 7.40. The van der Waals surface area contributed by atoms with Crippen LogP contribution in [0.4, 0.5) is 5.69 Å². The van der Waals surface area contributed by atoms with E-state index in [0.29, 0.717) is 24.9 Å². The highest BCUT2D eigenvalue weighted by atomic mass is 32.1. The van der Waals surface area contributed by atoms with Gasteiger partial charge >= 0.3 is 0 Å². The third-order valence-electron chi connectivity index (χ3n) is 2.61. The summed E-state index contributed by atoms with van der Waals surface area (Å²) in [5.74, 6) is -0.165. The standard InChI is InChI=1S/C14H15N3O2S/c18-13(17-12-3-7-15-8-4-12)2-1-6-16-14(19)11-5-9-20-10-11/h3-5,7-10H,1-2,6H2,(H,16,19)(H,15,17,18). The Hall–Kier alpha value is -2.21. The van der Waals surface area contributed by atoms with Crippen molar-refractivity contribution in [1.29, 1.82) is 0 Å². The summed E-state index contributed by atoms with van der Waals surface area (Å²) in [5, 5.41) is 9.20. The van der Waals surface area contributed by atoms with Crippen molar-refractivity contribution < 1.29 is 9.59 Å². The number of amides is 2. The lowest BCUT2D eigenvalue weighted by atomic mass is 10.2. The van der Waals surface area contributed by atoms with Gasteiger partial charge in [0.1, 0.15) is 0 Å². The van der Waals surface area contributed by atoms with Gasteiger partial charge < -0.3 is 10.6 Å². The molecule has 0 bridgehead atoms. The third kappa shape index (κ3) is 4.47. The van der Waals surface area contributed by atoms with Crippen molar-refractivity contribution in [3.05, 3.63) is 46.9 Å². The minimum Gasteiger partial charge on any atom is -0.352 e. The molecular formula is C14H15N3O2S. The van der Waals surface area contributed by atoms with Crippen LogP contribution in [0, 0.1) is 0 Å². The zero-order chi connectivity index (χ0) is 14.2. The van der Waals surface area contributed by atoms with E-state index < -0.39 is 0 Å². The Balaban J connectivity index is 1.64. The molecule has 0 aliphatic heterocycles. The van der Waals surface area contributed by atoms with Gasteiger partial charge in [-0.25, -0.2) is 0 Å². The van der Waals surface area contributed by atoms with Crippen LogP contribution in [0.3, 0.4) is 0 Å². The van der Waals surface area contributed by atoms with Crippen molar-refractivity contribution in [2.45, 2.75) is 12.8 Å². The van der Waals surface area contributed by atoms with Crippen LogP contribution in [-0.2, 0) is 4.79 Å². The first kappa shape index (κ1) is 14.2. The molecule has 2 aromatic rings. The molecule has 0 fully saturated rings. The summed E-state index contributed by atoms with van der Waals surface area (Å²) >= 11 is 1.48. The van der Waals surface area contributed by atoms with E-state index in [1.807, 2.05) is 5.38 Å². The Morgan fingerprint density at radius 1 is 1.20 bits per heavy atom. The lowest BCUT2D eigenvalue weighted by molar-refractivity contribution is -0.116. The topological polar surface area (TPSA) is 71.1 Å². The Morgan fingerprint density at radius 3 is 2.70 bits per heavy atom. The second-order valence-corrected chi connectivity index (χ2v) is 4.94. The molecule has 0 unspecified atom stereocenters. The Bertz CT molecular complexity index is 555. The molecule has 2 N–H and O–H groups in total. The molecule has 0 radical (unpaired) electrons. The molecule has 20 heavy (non-hydrogen) atoms. The van der Waals surface area contributed by atoms with Crippen LogP contribution in [0.5, 0.6) is 0 Å². The number of anilines is 1. The first-order valence-electron chi connectivity index (χ1n) is 6.26. The largest absolute Gasteiger partial charge is 0.352 e. The monoisotopic (exact) mass is 289 g/mol. The molecule has 5 nitrogen and oxygen atoms in total. The molecule has 0 aromatic carbocycles. The van der Waals surface area contributed by atoms with Crippen LogP contribution in [-0.4, -0.2) is 23.3 Å². The minimum atomic E-state index is -0.0965. The quantitative estimate of drug-likeness (QED) is 0.802. The zero-order valence-corrected chi connectivity index (χ0v) is 11.7. The molecule has 0 spiro atoms. The average Bonchev–Trinajstić information content (AvgIpc) is 2.99. The number of hydrogen-bond donors (Lipinski definition) is 2. The molecular weight excluding hydrogens is 274 g/mol. The van der Waals surface area contributed by atoms with Crippen molar-refractivity contribution in [1.82, 2.24) is 10.3 Å². The maximum absolute atomic E-state index is 11.6. The van der Waals surface area contributed by atoms with Crippen molar-refractivity contribution in [3.8, 4) is 0 Å². The number of carbonyl (C=O) groups excluding carboxylic acids is 2. The summed E-state index contributed by atoms with van der Waals surface area (Å²) in [6.45, 7) is 0.485. The SMILES string of the molecule is O=C(CCCNC(=O)c1ccsc1)Nc1ccncc1. The van der Waals surface area contributed by atoms with E-state index in [9.17, 15) is 9.59 Å². The third-order valence-corrected chi connectivity index (χ3v) is 3.30. The van der Waals surface area contributed by atoms with E-state index in [-0.39, 0.29) is 11.8 Å². The fourth-order valence-corrected chi connectivity index (χ4v) is 2.24. The predicted octanol–water partition coefficient (Wildman–Crippen LogP) is 2.29. The van der Waals surface area contributed by atoms with E-state index in [2.05, 4.69) is 15.6 Å². The molecule has 0 atom stereocenters. The van der Waals surface area contributed by atoms with Gasteiger partial charge in [-0.15, -0.1) is 0 Å². The zero-order valence-electron chi connectivity index (χ0n) is 10.8. The molecule has 2 heterocycles. The molecule has 2 rings (SSSR count). The van der Waals surface area contributed by atoms with Crippen LogP contribution in [0.1, 0.15) is 23.2 Å². The molecule has 0 saturated carbocycles. The summed E-state index contributed by atoms with van der Waals surface area (Å²) in [5.41, 5.74) is 1.39. The first-order chi connectivity index (χ1) is 9.75. The van der Waals surface area contributed by atoms with Crippen molar-refractivity contribution in [2.24, 2.45) is 0 Å². The van der Waals surface area contributed by atoms with Gasteiger partial charge in [-0.05, 0) is 30.0 Å². The molecule has 0 aliphatic carbocycles. The van der Waals surface area contributed by atoms with Crippen LogP contribution in [0.2, 0.25) is 0 Å². The number of rotatable bonds is 6. The number of pyridine rings is 1. The lowest BCUT2D eigenvalue weighted by Crippen LogP contribution is -2.25. The van der Waals surface area contributed by atoms with Crippen molar-refractivity contribution in [3.63, 3.8) is 0 Å². The van der Waals surface area contributed by atoms with Crippen LogP contribution >= 0.6 is 11.3 Å². The van der Waals surface area contributed by atoms with Gasteiger partial charge in [-0.3, -0.25) is 14.6 Å². The Morgan fingerprint density at radius 2 is 2.00 bits per heavy atom. The van der Waals surface area contributed by atoms with E-state index in [4.69, 9.17) is 0 Å². The van der Waals surface area contributed by atoms with Gasteiger partial charge in [0.05, 0.1) is 0 Å². The van der Waals surface area contributed by atoms with Gasteiger partial charge in [-0.2, -0.15) is 11.3 Å². The highest BCUT2D eigenvalue weighted by molar-refractivity contribution is 7.08. The van der Waals surface area contributed by atoms with Gasteiger partial charge in [0.2, 0.25) is 5.91 Å². The fourth-order valence-electron chi connectivity index (χ4n) is 1.61. The smallest absolute Gasteiger partial charge is 0.252 e. The summed E-state index contributed by atoms with van der Waals surface area (Å²) in [7, 11) is 0. The Labute approximate surface area is 121 Å². The Kier molecular flexibility index (Phi) is 5.25. The van der Waals surface area contributed by atoms with Gasteiger partial charge in [0.15, 0.2) is 0 Å². The summed E-state index contributed by atoms with van der Waals surface area (Å²) < 4.78 is 0. The lowest BCUT2D eigenvalue weighted by Gasteiger charge is -2.05. The van der Waals surface area contributed by atoms with E-state index in [1.54, 1.807) is 36.0 Å². The number of carbonyl (C=O) groups is 2. The summed E-state index contributed by atoms with van der Waals surface area (Å²) in [6, 6.07) is 5.24. The van der Waals surface area contributed by atoms with Gasteiger partial charge in [0.25, 0.3) is 5.91 Å². The first-order valence-corrected chi connectivity index (χ1v) is 7.20. The normalized spacial score (nSPS) is 10.0. The number of nitrogens with zero attached hydrogens (tertiary/aromatic N) is 1. The van der Waals surface area contributed by atoms with E-state index in [0.717, 1.165) is 5.69 Å². The van der Waals surface area contributed by atoms with Crippen LogP contribution < -0.4 is 10.6 Å². The summed E-state index contributed by atoms with van der Waals surface area (Å²) in [6.07, 6.45) is 4.21. The molecule has 2 amide bonds. The van der Waals surface area contributed by atoms with Crippen molar-refractivity contribution >= 4 is 28.8 Å². The maximum atomic E-state index is 11.6. The van der Waals surface area contributed by atoms with Crippen LogP contribution in [0.25, 0.3) is 0 Å². The number of thiophene rings is 1. The second-order valence-electron chi connectivity index (χ2n) is 4.16. The fraction of sp³-hybridized carbons (Fsp3) is 0.214. The van der Waals surface area contributed by atoms with Gasteiger partial charge in [0, 0.05) is 42.0 Å². The molecule has 6 heteroatoms. The minimum absolute atomic E-state index is 0.0685. The highest BCUT2D eigenvalue weighted by Gasteiger charge is 2.06. The molecule has 2 aromatic heterocycles. The molecule has 104 valence electrons.